The van der Waals surface area contributed by atoms with Gasteiger partial charge in [0.25, 0.3) is 0 Å². The molecule has 4 nitrogen and oxygen atoms in total. The predicted octanol–water partition coefficient (Wildman–Crippen LogP) is 4.33. The Labute approximate surface area is 151 Å². The number of hydrogen-bond acceptors (Lipinski definition) is 3. The van der Waals surface area contributed by atoms with Gasteiger partial charge in [0, 0.05) is 19.6 Å². The van der Waals surface area contributed by atoms with Gasteiger partial charge in [-0.2, -0.15) is 0 Å². The van der Waals surface area contributed by atoms with Crippen molar-refractivity contribution >= 4 is 5.97 Å². The number of hydrogen-bond donors (Lipinski definition) is 1. The van der Waals surface area contributed by atoms with Crippen molar-refractivity contribution in [2.45, 2.75) is 58.4 Å². The first kappa shape index (κ1) is 18.2. The van der Waals surface area contributed by atoms with E-state index in [0.29, 0.717) is 12.5 Å². The fraction of sp³-hybridized carbons (Fsp3) is 0.667. The molecule has 1 heterocycles. The largest absolute Gasteiger partial charge is 0.494 e. The summed E-state index contributed by atoms with van der Waals surface area (Å²) in [6.07, 6.45) is 7.83. The molecular weight excluding hydrogens is 314 g/mol. The molecule has 2 aliphatic rings. The lowest BCUT2D eigenvalue weighted by Gasteiger charge is -2.23. The number of carbonyl (C=O) groups is 1. The molecule has 3 rings (SSSR count). The van der Waals surface area contributed by atoms with Crippen LogP contribution in [0.2, 0.25) is 0 Å². The molecule has 1 N–H and O–H groups in total. The third-order valence-corrected chi connectivity index (χ3v) is 5.96. The van der Waals surface area contributed by atoms with Crippen molar-refractivity contribution in [2.24, 2.45) is 11.3 Å². The number of fused-ring (bicyclic) bond motifs is 1. The maximum atomic E-state index is 11.8. The topological polar surface area (TPSA) is 49.8 Å². The molecule has 0 bridgehead atoms. The molecule has 1 aromatic carbocycles. The minimum Gasteiger partial charge on any atom is -0.494 e. The van der Waals surface area contributed by atoms with Crippen LogP contribution in [0.15, 0.2) is 24.3 Å². The maximum absolute atomic E-state index is 11.8. The highest BCUT2D eigenvalue weighted by Gasteiger charge is 2.54. The Hall–Kier alpha value is -1.55. The molecule has 1 aliphatic heterocycles. The highest BCUT2D eigenvalue weighted by molar-refractivity contribution is 5.76. The molecular formula is C21H31NO3. The van der Waals surface area contributed by atoms with Gasteiger partial charge in [-0.3, -0.25) is 9.69 Å². The Kier molecular flexibility index (Phi) is 6.00. The van der Waals surface area contributed by atoms with Gasteiger partial charge < -0.3 is 9.84 Å². The van der Waals surface area contributed by atoms with Crippen LogP contribution in [0.3, 0.4) is 0 Å². The molecule has 1 aromatic rings. The zero-order valence-electron chi connectivity index (χ0n) is 15.4. The summed E-state index contributed by atoms with van der Waals surface area (Å²) in [5, 5.41) is 9.69. The SMILES string of the molecule is CCCCCCOc1ccc(CN2CC3CCCC3(C(=O)O)C2)cc1. The summed E-state index contributed by atoms with van der Waals surface area (Å²) in [6.45, 7) is 5.45. The van der Waals surface area contributed by atoms with Gasteiger partial charge in [0.2, 0.25) is 0 Å². The molecule has 1 saturated carbocycles. The highest BCUT2D eigenvalue weighted by atomic mass is 16.5. The summed E-state index contributed by atoms with van der Waals surface area (Å²) in [5.74, 6) is 0.667. The number of unbranched alkanes of at least 4 members (excludes halogenated alkanes) is 3. The number of ether oxygens (including phenoxy) is 1. The third-order valence-electron chi connectivity index (χ3n) is 5.96. The van der Waals surface area contributed by atoms with Crippen molar-refractivity contribution < 1.29 is 14.6 Å². The van der Waals surface area contributed by atoms with Crippen LogP contribution in [-0.4, -0.2) is 35.7 Å². The smallest absolute Gasteiger partial charge is 0.311 e. The zero-order valence-corrected chi connectivity index (χ0v) is 15.4. The Morgan fingerprint density at radius 2 is 2.08 bits per heavy atom. The molecule has 0 spiro atoms. The number of likely N-dealkylation sites (tertiary alicyclic amines) is 1. The van der Waals surface area contributed by atoms with Crippen molar-refractivity contribution in [1.82, 2.24) is 4.90 Å². The Morgan fingerprint density at radius 1 is 1.28 bits per heavy atom. The van der Waals surface area contributed by atoms with Crippen LogP contribution in [0.25, 0.3) is 0 Å². The Bertz CT molecular complexity index is 571. The summed E-state index contributed by atoms with van der Waals surface area (Å²) in [7, 11) is 0. The van der Waals surface area contributed by atoms with Crippen molar-refractivity contribution in [2.75, 3.05) is 19.7 Å². The van der Waals surface area contributed by atoms with E-state index in [-0.39, 0.29) is 0 Å². The number of aliphatic carboxylic acids is 1. The van der Waals surface area contributed by atoms with Gasteiger partial charge in [0.1, 0.15) is 5.75 Å². The number of carboxylic acids is 1. The average Bonchev–Trinajstić information content (AvgIpc) is 3.14. The number of benzene rings is 1. The van der Waals surface area contributed by atoms with E-state index in [2.05, 4.69) is 24.0 Å². The van der Waals surface area contributed by atoms with Crippen molar-refractivity contribution in [1.29, 1.82) is 0 Å². The second-order valence-corrected chi connectivity index (χ2v) is 7.77. The van der Waals surface area contributed by atoms with Gasteiger partial charge in [-0.15, -0.1) is 0 Å². The van der Waals surface area contributed by atoms with Crippen LogP contribution in [0.1, 0.15) is 57.4 Å². The Morgan fingerprint density at radius 3 is 2.76 bits per heavy atom. The molecule has 4 heteroatoms. The summed E-state index contributed by atoms with van der Waals surface area (Å²) >= 11 is 0. The first-order valence-electron chi connectivity index (χ1n) is 9.81. The first-order valence-corrected chi connectivity index (χ1v) is 9.81. The summed E-state index contributed by atoms with van der Waals surface area (Å²) < 4.78 is 5.79. The van der Waals surface area contributed by atoms with Crippen LogP contribution < -0.4 is 4.74 Å². The van der Waals surface area contributed by atoms with E-state index < -0.39 is 11.4 Å². The lowest BCUT2D eigenvalue weighted by Crippen LogP contribution is -2.35. The van der Waals surface area contributed by atoms with Gasteiger partial charge in [0.05, 0.1) is 12.0 Å². The van der Waals surface area contributed by atoms with Gasteiger partial charge in [0.15, 0.2) is 0 Å². The van der Waals surface area contributed by atoms with Crippen LogP contribution in [-0.2, 0) is 11.3 Å². The highest BCUT2D eigenvalue weighted by Crippen LogP contribution is 2.49. The molecule has 2 fully saturated rings. The monoisotopic (exact) mass is 345 g/mol. The van der Waals surface area contributed by atoms with Crippen molar-refractivity contribution in [3.63, 3.8) is 0 Å². The van der Waals surface area contributed by atoms with E-state index in [1.165, 1.54) is 24.8 Å². The summed E-state index contributed by atoms with van der Waals surface area (Å²) in [4.78, 5) is 14.1. The second-order valence-electron chi connectivity index (χ2n) is 7.77. The minimum atomic E-state index is -0.593. The van der Waals surface area contributed by atoms with Crippen molar-refractivity contribution in [3.05, 3.63) is 29.8 Å². The van der Waals surface area contributed by atoms with E-state index in [1.807, 2.05) is 12.1 Å². The third kappa shape index (κ3) is 4.17. The van der Waals surface area contributed by atoms with E-state index >= 15 is 0 Å². The number of nitrogens with zero attached hydrogens (tertiary/aromatic N) is 1. The van der Waals surface area contributed by atoms with Gasteiger partial charge in [-0.1, -0.05) is 44.7 Å². The van der Waals surface area contributed by atoms with E-state index in [9.17, 15) is 9.90 Å². The molecule has 0 radical (unpaired) electrons. The van der Waals surface area contributed by atoms with E-state index in [0.717, 1.165) is 51.1 Å². The standard InChI is InChI=1S/C21H31NO3/c1-2-3-4-5-13-25-19-10-8-17(9-11-19)14-22-15-18-7-6-12-21(18,16-22)20(23)24/h8-11,18H,2-7,12-16H2,1H3,(H,23,24). The molecule has 2 unspecified atom stereocenters. The van der Waals surface area contributed by atoms with Gasteiger partial charge in [-0.25, -0.2) is 0 Å². The molecule has 0 aromatic heterocycles. The van der Waals surface area contributed by atoms with Crippen LogP contribution in [0.5, 0.6) is 5.75 Å². The van der Waals surface area contributed by atoms with Crippen LogP contribution >= 0.6 is 0 Å². The first-order chi connectivity index (χ1) is 12.1. The second kappa shape index (κ2) is 8.22. The lowest BCUT2D eigenvalue weighted by molar-refractivity contribution is -0.149. The summed E-state index contributed by atoms with van der Waals surface area (Å²) in [5.41, 5.74) is 0.750. The van der Waals surface area contributed by atoms with Gasteiger partial charge >= 0.3 is 5.97 Å². The maximum Gasteiger partial charge on any atom is 0.311 e. The fourth-order valence-corrected chi connectivity index (χ4v) is 4.53. The quantitative estimate of drug-likeness (QED) is 0.677. The lowest BCUT2D eigenvalue weighted by atomic mass is 9.81. The number of carboxylic acid groups (broad SMARTS) is 1. The molecule has 1 aliphatic carbocycles. The average molecular weight is 345 g/mol. The van der Waals surface area contributed by atoms with Crippen LogP contribution in [0.4, 0.5) is 0 Å². The van der Waals surface area contributed by atoms with E-state index in [4.69, 9.17) is 4.74 Å². The normalized spacial score (nSPS) is 25.9. The summed E-state index contributed by atoms with van der Waals surface area (Å²) in [6, 6.07) is 8.31. The number of rotatable bonds is 9. The molecule has 2 atom stereocenters. The van der Waals surface area contributed by atoms with Crippen LogP contribution in [0, 0.1) is 11.3 Å². The predicted molar refractivity (Wildman–Crippen MR) is 98.8 cm³/mol. The molecule has 0 amide bonds. The zero-order chi connectivity index (χ0) is 17.7. The fourth-order valence-electron chi connectivity index (χ4n) is 4.53. The molecule has 25 heavy (non-hydrogen) atoms. The Balaban J connectivity index is 1.48. The molecule has 138 valence electrons. The molecule has 1 saturated heterocycles. The van der Waals surface area contributed by atoms with Gasteiger partial charge in [-0.05, 0) is 42.9 Å². The van der Waals surface area contributed by atoms with Crippen molar-refractivity contribution in [3.8, 4) is 5.75 Å². The minimum absolute atomic E-state index is 0.329. The van der Waals surface area contributed by atoms with E-state index in [1.54, 1.807) is 0 Å².